The van der Waals surface area contributed by atoms with E-state index in [2.05, 4.69) is 29.3 Å². The molecule has 1 aromatic rings. The zero-order chi connectivity index (χ0) is 11.6. The van der Waals surface area contributed by atoms with Crippen LogP contribution in [0.15, 0.2) is 4.52 Å². The summed E-state index contributed by atoms with van der Waals surface area (Å²) < 4.78 is 5.08. The molecule has 90 valence electrons. The summed E-state index contributed by atoms with van der Waals surface area (Å²) in [7, 11) is 0. The summed E-state index contributed by atoms with van der Waals surface area (Å²) in [6.45, 7) is 7.39. The number of hydrogen-bond donors (Lipinski definition) is 1. The third-order valence-electron chi connectivity index (χ3n) is 3.58. The van der Waals surface area contributed by atoms with Crippen molar-refractivity contribution in [3.05, 3.63) is 11.7 Å². The lowest BCUT2D eigenvalue weighted by Gasteiger charge is -2.27. The van der Waals surface area contributed by atoms with E-state index < -0.39 is 0 Å². The van der Waals surface area contributed by atoms with Gasteiger partial charge in [0.2, 0.25) is 5.89 Å². The number of aryl methyl sites for hydroxylation is 1. The normalized spacial score (nSPS) is 23.8. The molecule has 1 saturated carbocycles. The molecule has 0 bridgehead atoms. The number of nitrogens with zero attached hydrogens (tertiary/aromatic N) is 2. The minimum atomic E-state index is 0.400. The fraction of sp³-hybridized carbons (Fsp3) is 0.833. The second-order valence-electron chi connectivity index (χ2n) is 5.27. The van der Waals surface area contributed by atoms with Crippen LogP contribution in [0.2, 0.25) is 0 Å². The number of hydrogen-bond acceptors (Lipinski definition) is 4. The van der Waals surface area contributed by atoms with Gasteiger partial charge in [-0.3, -0.25) is 0 Å². The summed E-state index contributed by atoms with van der Waals surface area (Å²) in [5, 5.41) is 7.49. The third-order valence-corrected chi connectivity index (χ3v) is 3.58. The molecule has 16 heavy (non-hydrogen) atoms. The Morgan fingerprint density at radius 1 is 1.50 bits per heavy atom. The average molecular weight is 223 g/mol. The Morgan fingerprint density at radius 3 is 2.88 bits per heavy atom. The van der Waals surface area contributed by atoms with Crippen LogP contribution in [0.1, 0.15) is 51.7 Å². The van der Waals surface area contributed by atoms with E-state index >= 15 is 0 Å². The Hall–Kier alpha value is -0.900. The van der Waals surface area contributed by atoms with Gasteiger partial charge in [0.25, 0.3) is 0 Å². The van der Waals surface area contributed by atoms with E-state index in [-0.39, 0.29) is 0 Å². The highest BCUT2D eigenvalue weighted by molar-refractivity contribution is 4.92. The highest BCUT2D eigenvalue weighted by Gasteiger charge is 2.33. The first kappa shape index (κ1) is 11.6. The van der Waals surface area contributed by atoms with Gasteiger partial charge in [-0.1, -0.05) is 32.3 Å². The van der Waals surface area contributed by atoms with Gasteiger partial charge in [-0.2, -0.15) is 4.98 Å². The smallest absolute Gasteiger partial charge is 0.226 e. The standard InChI is InChI=1S/C12H21N3O/c1-4-11-14-10(15-16-11)8-13-9-6-5-7-12(9,2)3/h9,13H,4-8H2,1-3H3/t9-/m0/s1. The predicted molar refractivity (Wildman–Crippen MR) is 61.9 cm³/mol. The van der Waals surface area contributed by atoms with Gasteiger partial charge in [-0.15, -0.1) is 0 Å². The van der Waals surface area contributed by atoms with E-state index in [1.165, 1.54) is 19.3 Å². The van der Waals surface area contributed by atoms with Crippen molar-refractivity contribution in [2.24, 2.45) is 5.41 Å². The molecular weight excluding hydrogens is 202 g/mol. The fourth-order valence-electron chi connectivity index (χ4n) is 2.43. The molecule has 1 atom stereocenters. The molecule has 0 aliphatic heterocycles. The summed E-state index contributed by atoms with van der Waals surface area (Å²) in [6.07, 6.45) is 4.68. The largest absolute Gasteiger partial charge is 0.339 e. The Morgan fingerprint density at radius 2 is 2.31 bits per heavy atom. The predicted octanol–water partition coefficient (Wildman–Crippen LogP) is 2.30. The zero-order valence-corrected chi connectivity index (χ0v) is 10.4. The van der Waals surface area contributed by atoms with E-state index in [1.54, 1.807) is 0 Å². The number of aromatic nitrogens is 2. The summed E-state index contributed by atoms with van der Waals surface area (Å²) in [4.78, 5) is 4.30. The van der Waals surface area contributed by atoms with Crippen LogP contribution in [0.3, 0.4) is 0 Å². The van der Waals surface area contributed by atoms with E-state index in [0.29, 0.717) is 11.5 Å². The SMILES string of the molecule is CCc1nc(CN[C@H]2CCCC2(C)C)no1. The Bertz CT molecular complexity index is 346. The third kappa shape index (κ3) is 2.43. The highest BCUT2D eigenvalue weighted by Crippen LogP contribution is 2.37. The highest BCUT2D eigenvalue weighted by atomic mass is 16.5. The van der Waals surface area contributed by atoms with Gasteiger partial charge in [-0.05, 0) is 18.3 Å². The summed E-state index contributed by atoms with van der Waals surface area (Å²) in [5.74, 6) is 1.50. The van der Waals surface area contributed by atoms with Gasteiger partial charge in [0.1, 0.15) is 0 Å². The average Bonchev–Trinajstić information content (AvgIpc) is 2.81. The molecule has 0 unspecified atom stereocenters. The van der Waals surface area contributed by atoms with Crippen molar-refractivity contribution < 1.29 is 4.52 Å². The Balaban J connectivity index is 1.87. The van der Waals surface area contributed by atoms with Crippen molar-refractivity contribution in [3.63, 3.8) is 0 Å². The number of nitrogens with one attached hydrogen (secondary N) is 1. The lowest BCUT2D eigenvalue weighted by Crippen LogP contribution is -2.37. The monoisotopic (exact) mass is 223 g/mol. The minimum absolute atomic E-state index is 0.400. The van der Waals surface area contributed by atoms with Gasteiger partial charge >= 0.3 is 0 Å². The first-order valence-corrected chi connectivity index (χ1v) is 6.16. The Labute approximate surface area is 96.8 Å². The second-order valence-corrected chi connectivity index (χ2v) is 5.27. The van der Waals surface area contributed by atoms with E-state index in [0.717, 1.165) is 24.7 Å². The molecule has 1 heterocycles. The fourth-order valence-corrected chi connectivity index (χ4v) is 2.43. The zero-order valence-electron chi connectivity index (χ0n) is 10.4. The molecule has 0 aromatic carbocycles. The van der Waals surface area contributed by atoms with Gasteiger partial charge in [0.05, 0.1) is 6.54 Å². The topological polar surface area (TPSA) is 51.0 Å². The number of rotatable bonds is 4. The van der Waals surface area contributed by atoms with Crippen molar-refractivity contribution in [2.75, 3.05) is 0 Å². The Kier molecular flexibility index (Phi) is 3.28. The molecule has 2 rings (SSSR count). The quantitative estimate of drug-likeness (QED) is 0.851. The first-order valence-electron chi connectivity index (χ1n) is 6.16. The van der Waals surface area contributed by atoms with Crippen molar-refractivity contribution >= 4 is 0 Å². The molecule has 0 radical (unpaired) electrons. The van der Waals surface area contributed by atoms with E-state index in [9.17, 15) is 0 Å². The molecule has 0 saturated heterocycles. The molecule has 4 heteroatoms. The van der Waals surface area contributed by atoms with Crippen molar-refractivity contribution in [3.8, 4) is 0 Å². The molecule has 0 spiro atoms. The van der Waals surface area contributed by atoms with Crippen LogP contribution in [-0.2, 0) is 13.0 Å². The first-order chi connectivity index (χ1) is 7.62. The molecule has 1 aliphatic carbocycles. The molecule has 4 nitrogen and oxygen atoms in total. The van der Waals surface area contributed by atoms with Crippen LogP contribution in [0.25, 0.3) is 0 Å². The van der Waals surface area contributed by atoms with Crippen molar-refractivity contribution in [2.45, 2.75) is 59.0 Å². The van der Waals surface area contributed by atoms with Crippen molar-refractivity contribution in [1.82, 2.24) is 15.5 Å². The van der Waals surface area contributed by atoms with Crippen LogP contribution in [0.5, 0.6) is 0 Å². The molecule has 0 amide bonds. The summed E-state index contributed by atoms with van der Waals surface area (Å²) in [6, 6.07) is 0.580. The van der Waals surface area contributed by atoms with Crippen LogP contribution >= 0.6 is 0 Å². The maximum Gasteiger partial charge on any atom is 0.226 e. The van der Waals surface area contributed by atoms with Crippen LogP contribution in [-0.4, -0.2) is 16.2 Å². The maximum absolute atomic E-state index is 5.08. The van der Waals surface area contributed by atoms with Crippen LogP contribution < -0.4 is 5.32 Å². The molecule has 1 N–H and O–H groups in total. The van der Waals surface area contributed by atoms with Gasteiger partial charge < -0.3 is 9.84 Å². The van der Waals surface area contributed by atoms with Crippen LogP contribution in [0, 0.1) is 5.41 Å². The minimum Gasteiger partial charge on any atom is -0.339 e. The van der Waals surface area contributed by atoms with Crippen molar-refractivity contribution in [1.29, 1.82) is 0 Å². The lowest BCUT2D eigenvalue weighted by molar-refractivity contribution is 0.279. The van der Waals surface area contributed by atoms with Gasteiger partial charge in [0.15, 0.2) is 5.82 Å². The molecule has 1 fully saturated rings. The summed E-state index contributed by atoms with van der Waals surface area (Å²) >= 11 is 0. The van der Waals surface area contributed by atoms with Crippen LogP contribution in [0.4, 0.5) is 0 Å². The van der Waals surface area contributed by atoms with E-state index in [4.69, 9.17) is 4.52 Å². The molecular formula is C12H21N3O. The molecule has 1 aliphatic rings. The molecule has 1 aromatic heterocycles. The van der Waals surface area contributed by atoms with E-state index in [1.807, 2.05) is 6.92 Å². The lowest BCUT2D eigenvalue weighted by atomic mass is 9.87. The summed E-state index contributed by atoms with van der Waals surface area (Å²) in [5.41, 5.74) is 0.400. The maximum atomic E-state index is 5.08. The second kappa shape index (κ2) is 4.53. The van der Waals surface area contributed by atoms with Gasteiger partial charge in [-0.25, -0.2) is 0 Å². The van der Waals surface area contributed by atoms with Gasteiger partial charge in [0, 0.05) is 12.5 Å².